The van der Waals surface area contributed by atoms with E-state index in [1.807, 2.05) is 64.9 Å². The van der Waals surface area contributed by atoms with E-state index in [0.29, 0.717) is 11.0 Å². The van der Waals surface area contributed by atoms with E-state index < -0.39 is 0 Å². The minimum Gasteiger partial charge on any atom is -0.331 e. The summed E-state index contributed by atoms with van der Waals surface area (Å²) in [4.78, 5) is 19.8. The summed E-state index contributed by atoms with van der Waals surface area (Å²) in [5.74, 6) is 0.581. The van der Waals surface area contributed by atoms with Crippen LogP contribution in [0.4, 0.5) is 4.39 Å². The Morgan fingerprint density at radius 1 is 1.06 bits per heavy atom. The number of nitrogens with zero attached hydrogens (tertiary/aromatic N) is 5. The molecule has 4 aromatic rings. The lowest BCUT2D eigenvalue weighted by molar-refractivity contribution is -0.131. The maximum absolute atomic E-state index is 13.5. The van der Waals surface area contributed by atoms with Crippen LogP contribution in [0.25, 0.3) is 17.1 Å². The highest BCUT2D eigenvalue weighted by Crippen LogP contribution is 2.35. The summed E-state index contributed by atoms with van der Waals surface area (Å²) in [7, 11) is 0. The van der Waals surface area contributed by atoms with Crippen molar-refractivity contribution in [3.63, 3.8) is 0 Å². The maximum Gasteiger partial charge on any atom is 0.233 e. The van der Waals surface area contributed by atoms with Crippen molar-refractivity contribution in [2.24, 2.45) is 0 Å². The molecule has 1 amide bonds. The number of para-hydroxylation sites is 1. The number of thioether (sulfide) groups is 1. The van der Waals surface area contributed by atoms with Gasteiger partial charge in [-0.15, -0.1) is 10.2 Å². The fourth-order valence-electron chi connectivity index (χ4n) is 4.01. The molecule has 1 aliphatic carbocycles. The number of aromatic nitrogens is 4. The number of pyridine rings is 1. The van der Waals surface area contributed by atoms with Crippen LogP contribution in [0.15, 0.2) is 84.1 Å². The van der Waals surface area contributed by atoms with Crippen molar-refractivity contribution in [2.75, 3.05) is 5.75 Å². The van der Waals surface area contributed by atoms with Gasteiger partial charge in [-0.3, -0.25) is 14.3 Å². The van der Waals surface area contributed by atoms with Crippen LogP contribution >= 0.6 is 11.8 Å². The van der Waals surface area contributed by atoms with Gasteiger partial charge in [0.2, 0.25) is 5.91 Å². The summed E-state index contributed by atoms with van der Waals surface area (Å²) < 4.78 is 15.4. The first-order valence-electron chi connectivity index (χ1n) is 11.2. The Balaban J connectivity index is 1.41. The summed E-state index contributed by atoms with van der Waals surface area (Å²) in [6, 6.07) is 21.9. The van der Waals surface area contributed by atoms with Gasteiger partial charge < -0.3 is 4.90 Å². The Morgan fingerprint density at radius 3 is 2.47 bits per heavy atom. The summed E-state index contributed by atoms with van der Waals surface area (Å²) in [6.07, 6.45) is 3.79. The Hall–Kier alpha value is -3.52. The van der Waals surface area contributed by atoms with Crippen molar-refractivity contribution < 1.29 is 9.18 Å². The van der Waals surface area contributed by atoms with Gasteiger partial charge in [-0.1, -0.05) is 36.0 Å². The third-order valence-electron chi connectivity index (χ3n) is 5.84. The van der Waals surface area contributed by atoms with Crippen LogP contribution in [0, 0.1) is 5.82 Å². The fourth-order valence-corrected chi connectivity index (χ4v) is 4.84. The molecule has 1 fully saturated rings. The second-order valence-electron chi connectivity index (χ2n) is 8.24. The molecule has 6 nitrogen and oxygen atoms in total. The molecule has 0 aliphatic heterocycles. The fraction of sp³-hybridized carbons (Fsp3) is 0.231. The first-order chi connectivity index (χ1) is 16.6. The van der Waals surface area contributed by atoms with Crippen LogP contribution in [0.3, 0.4) is 0 Å². The summed E-state index contributed by atoms with van der Waals surface area (Å²) >= 11 is 1.36. The molecule has 1 saturated carbocycles. The molecular weight excluding hydrogens is 449 g/mol. The van der Waals surface area contributed by atoms with E-state index in [9.17, 15) is 9.18 Å². The number of benzene rings is 2. The molecule has 0 spiro atoms. The molecule has 2 aromatic heterocycles. The van der Waals surface area contributed by atoms with E-state index in [1.165, 1.54) is 23.9 Å². The Bertz CT molecular complexity index is 1260. The number of hydrogen-bond acceptors (Lipinski definition) is 5. The van der Waals surface area contributed by atoms with Gasteiger partial charge in [-0.2, -0.15) is 0 Å². The molecule has 0 bridgehead atoms. The van der Waals surface area contributed by atoms with Gasteiger partial charge >= 0.3 is 0 Å². The third kappa shape index (κ3) is 4.72. The van der Waals surface area contributed by atoms with Crippen molar-refractivity contribution in [1.29, 1.82) is 0 Å². The van der Waals surface area contributed by atoms with Crippen molar-refractivity contribution in [1.82, 2.24) is 24.6 Å². The summed E-state index contributed by atoms with van der Waals surface area (Å²) in [5.41, 5.74) is 2.51. The zero-order valence-corrected chi connectivity index (χ0v) is 19.5. The quantitative estimate of drug-likeness (QED) is 0.325. The SMILES string of the molecule is CC(c1ccccn1)N(C(=O)CSc1nnc(-c2ccc(F)cc2)n1-c1ccccc1)C1CC1. The maximum atomic E-state index is 13.5. The normalized spacial score (nSPS) is 14.1. The van der Waals surface area contributed by atoms with Gasteiger partial charge in [0.05, 0.1) is 17.5 Å². The number of hydrogen-bond donors (Lipinski definition) is 0. The molecule has 8 heteroatoms. The zero-order valence-electron chi connectivity index (χ0n) is 18.7. The predicted octanol–water partition coefficient (Wildman–Crippen LogP) is 5.31. The topological polar surface area (TPSA) is 63.9 Å². The highest BCUT2D eigenvalue weighted by atomic mass is 32.2. The number of rotatable bonds is 8. The molecule has 2 heterocycles. The van der Waals surface area contributed by atoms with Crippen LogP contribution in [-0.2, 0) is 4.79 Å². The van der Waals surface area contributed by atoms with Gasteiger partial charge in [-0.05, 0) is 68.3 Å². The summed E-state index contributed by atoms with van der Waals surface area (Å²) in [5, 5.41) is 9.38. The average molecular weight is 474 g/mol. The smallest absolute Gasteiger partial charge is 0.233 e. The van der Waals surface area contributed by atoms with Crippen LogP contribution in [0.1, 0.15) is 31.5 Å². The number of halogens is 1. The molecule has 1 unspecified atom stereocenters. The van der Waals surface area contributed by atoms with E-state index >= 15 is 0 Å². The molecule has 1 atom stereocenters. The van der Waals surface area contributed by atoms with Gasteiger partial charge in [0.1, 0.15) is 5.82 Å². The predicted molar refractivity (Wildman–Crippen MR) is 130 cm³/mol. The highest BCUT2D eigenvalue weighted by molar-refractivity contribution is 7.99. The standard InChI is InChI=1S/C26H24FN5OS/c1-18(23-9-5-6-16-28-23)31(22-14-15-22)24(33)17-34-26-30-29-25(19-10-12-20(27)13-11-19)32(26)21-7-3-2-4-8-21/h2-13,16,18,22H,14-15,17H2,1H3. The van der Waals surface area contributed by atoms with Gasteiger partial charge in [0.25, 0.3) is 0 Å². The Labute approximate surface area is 201 Å². The largest absolute Gasteiger partial charge is 0.331 e. The van der Waals surface area contributed by atoms with Gasteiger partial charge in [0, 0.05) is 23.5 Å². The lowest BCUT2D eigenvalue weighted by Gasteiger charge is -2.29. The number of amides is 1. The monoisotopic (exact) mass is 473 g/mol. The van der Waals surface area contributed by atoms with Gasteiger partial charge in [0.15, 0.2) is 11.0 Å². The molecule has 0 radical (unpaired) electrons. The third-order valence-corrected chi connectivity index (χ3v) is 6.75. The van der Waals surface area contributed by atoms with Gasteiger partial charge in [-0.25, -0.2) is 4.39 Å². The molecule has 172 valence electrons. The van der Waals surface area contributed by atoms with Crippen molar-refractivity contribution >= 4 is 17.7 Å². The van der Waals surface area contributed by atoms with E-state index in [4.69, 9.17) is 0 Å². The van der Waals surface area contributed by atoms with Crippen LogP contribution in [-0.4, -0.2) is 42.4 Å². The Morgan fingerprint density at radius 2 is 1.79 bits per heavy atom. The minimum absolute atomic E-state index is 0.0524. The second kappa shape index (κ2) is 9.77. The number of carbonyl (C=O) groups excluding carboxylic acids is 1. The Kier molecular flexibility index (Phi) is 6.40. The van der Waals surface area contributed by atoms with Crippen LogP contribution in [0.5, 0.6) is 0 Å². The van der Waals surface area contributed by atoms with Crippen molar-refractivity contribution in [3.8, 4) is 17.1 Å². The first kappa shape index (κ1) is 22.3. The molecule has 0 saturated heterocycles. The summed E-state index contributed by atoms with van der Waals surface area (Å²) in [6.45, 7) is 2.03. The molecule has 34 heavy (non-hydrogen) atoms. The minimum atomic E-state index is -0.308. The molecule has 5 rings (SSSR count). The average Bonchev–Trinajstić information content (AvgIpc) is 3.62. The van der Waals surface area contributed by atoms with Crippen molar-refractivity contribution in [3.05, 3.63) is 90.5 Å². The molecule has 0 N–H and O–H groups in total. The second-order valence-corrected chi connectivity index (χ2v) is 9.18. The first-order valence-corrected chi connectivity index (χ1v) is 12.2. The lowest BCUT2D eigenvalue weighted by Crippen LogP contribution is -2.37. The zero-order chi connectivity index (χ0) is 23.5. The molecule has 2 aromatic carbocycles. The van der Waals surface area contributed by atoms with Crippen LogP contribution < -0.4 is 0 Å². The molecular formula is C26H24FN5OS. The highest BCUT2D eigenvalue weighted by Gasteiger charge is 2.36. The number of carbonyl (C=O) groups is 1. The lowest BCUT2D eigenvalue weighted by atomic mass is 10.1. The van der Waals surface area contributed by atoms with Crippen LogP contribution in [0.2, 0.25) is 0 Å². The van der Waals surface area contributed by atoms with E-state index in [1.54, 1.807) is 18.3 Å². The van der Waals surface area contributed by atoms with Crippen molar-refractivity contribution in [2.45, 2.75) is 37.0 Å². The van der Waals surface area contributed by atoms with E-state index in [0.717, 1.165) is 29.8 Å². The van der Waals surface area contributed by atoms with E-state index in [2.05, 4.69) is 15.2 Å². The van der Waals surface area contributed by atoms with E-state index in [-0.39, 0.29) is 29.6 Å². The molecule has 1 aliphatic rings.